The van der Waals surface area contributed by atoms with E-state index in [4.69, 9.17) is 0 Å². The van der Waals surface area contributed by atoms with E-state index in [1.807, 2.05) is 12.1 Å². The lowest BCUT2D eigenvalue weighted by molar-refractivity contribution is -0.118. The number of nitrogens with one attached hydrogen (secondary N) is 3. The van der Waals surface area contributed by atoms with E-state index in [9.17, 15) is 4.79 Å². The second-order valence-electron chi connectivity index (χ2n) is 7.05. The van der Waals surface area contributed by atoms with Crippen LogP contribution in [0, 0.1) is 5.92 Å². The number of nitrogens with zero attached hydrogens (tertiary/aromatic N) is 1. The van der Waals surface area contributed by atoms with Crippen LogP contribution in [0.1, 0.15) is 38.5 Å². The lowest BCUT2D eigenvalue weighted by Gasteiger charge is -2.29. The number of hydrogen-bond acceptors (Lipinski definition) is 4. The third-order valence-electron chi connectivity index (χ3n) is 5.56. The summed E-state index contributed by atoms with van der Waals surface area (Å²) in [6.07, 6.45) is 7.43. The standard InChI is InChI=1S/C18H26N4O/c23-18(17-15-5-4-6-16(15)20-21-17)19-13-7-9-14(10-8-13)22-11-2-1-3-12-22/h7-10,15-17,20-21H,1-6,11-12H2,(H,19,23). The van der Waals surface area contributed by atoms with Crippen molar-refractivity contribution >= 4 is 17.3 Å². The molecule has 1 aliphatic carbocycles. The van der Waals surface area contributed by atoms with Crippen molar-refractivity contribution in [3.05, 3.63) is 24.3 Å². The molecule has 3 aliphatic rings. The van der Waals surface area contributed by atoms with Gasteiger partial charge in [-0.05, 0) is 56.4 Å². The number of amides is 1. The summed E-state index contributed by atoms with van der Waals surface area (Å²) in [5, 5.41) is 3.07. The predicted octanol–water partition coefficient (Wildman–Crippen LogP) is 2.26. The van der Waals surface area contributed by atoms with Crippen molar-refractivity contribution in [1.29, 1.82) is 0 Å². The Labute approximate surface area is 137 Å². The highest BCUT2D eigenvalue weighted by atomic mass is 16.2. The number of hydrazine groups is 1. The molecule has 1 aromatic rings. The zero-order chi connectivity index (χ0) is 15.6. The third kappa shape index (κ3) is 3.08. The molecule has 1 aromatic carbocycles. The maximum absolute atomic E-state index is 12.5. The van der Waals surface area contributed by atoms with E-state index in [-0.39, 0.29) is 11.9 Å². The number of fused-ring (bicyclic) bond motifs is 1. The van der Waals surface area contributed by atoms with Gasteiger partial charge in [-0.2, -0.15) is 0 Å². The van der Waals surface area contributed by atoms with Crippen LogP contribution in [0.25, 0.3) is 0 Å². The molecular formula is C18H26N4O. The maximum atomic E-state index is 12.5. The Balaban J connectivity index is 1.37. The first-order valence-electron chi connectivity index (χ1n) is 8.98. The molecule has 3 unspecified atom stereocenters. The van der Waals surface area contributed by atoms with Crippen molar-refractivity contribution in [2.24, 2.45) is 5.92 Å². The number of piperidine rings is 1. The van der Waals surface area contributed by atoms with Crippen LogP contribution in [0.5, 0.6) is 0 Å². The maximum Gasteiger partial charge on any atom is 0.243 e. The van der Waals surface area contributed by atoms with Crippen LogP contribution in [0.15, 0.2) is 24.3 Å². The monoisotopic (exact) mass is 314 g/mol. The molecule has 3 fully saturated rings. The summed E-state index contributed by atoms with van der Waals surface area (Å²) in [4.78, 5) is 15.0. The molecule has 5 heteroatoms. The molecule has 2 saturated heterocycles. The summed E-state index contributed by atoms with van der Waals surface area (Å²) < 4.78 is 0. The fraction of sp³-hybridized carbons (Fsp3) is 0.611. The predicted molar refractivity (Wildman–Crippen MR) is 92.3 cm³/mol. The molecule has 124 valence electrons. The molecule has 23 heavy (non-hydrogen) atoms. The fourth-order valence-electron chi connectivity index (χ4n) is 4.26. The molecule has 0 bridgehead atoms. The van der Waals surface area contributed by atoms with Gasteiger partial charge >= 0.3 is 0 Å². The van der Waals surface area contributed by atoms with Gasteiger partial charge in [0.25, 0.3) is 0 Å². The van der Waals surface area contributed by atoms with Crippen LogP contribution in [0.3, 0.4) is 0 Å². The van der Waals surface area contributed by atoms with E-state index in [0.29, 0.717) is 12.0 Å². The second kappa shape index (κ2) is 6.49. The largest absolute Gasteiger partial charge is 0.372 e. The Morgan fingerprint density at radius 1 is 1.00 bits per heavy atom. The van der Waals surface area contributed by atoms with Gasteiger partial charge < -0.3 is 10.2 Å². The first-order valence-corrected chi connectivity index (χ1v) is 8.98. The minimum atomic E-state index is -0.107. The Kier molecular flexibility index (Phi) is 4.23. The molecule has 2 aliphatic heterocycles. The smallest absolute Gasteiger partial charge is 0.243 e. The summed E-state index contributed by atoms with van der Waals surface area (Å²) in [5.41, 5.74) is 8.59. The van der Waals surface area contributed by atoms with E-state index in [2.05, 4.69) is 33.2 Å². The Hall–Kier alpha value is -1.59. The van der Waals surface area contributed by atoms with E-state index in [1.54, 1.807) is 0 Å². The zero-order valence-electron chi connectivity index (χ0n) is 13.6. The Bertz CT molecular complexity index is 553. The highest BCUT2D eigenvalue weighted by Gasteiger charge is 2.42. The van der Waals surface area contributed by atoms with Gasteiger partial charge in [-0.1, -0.05) is 6.42 Å². The molecule has 0 radical (unpaired) electrons. The fourth-order valence-corrected chi connectivity index (χ4v) is 4.26. The van der Waals surface area contributed by atoms with Crippen LogP contribution >= 0.6 is 0 Å². The van der Waals surface area contributed by atoms with Crippen molar-refractivity contribution in [2.75, 3.05) is 23.3 Å². The average molecular weight is 314 g/mol. The third-order valence-corrected chi connectivity index (χ3v) is 5.56. The topological polar surface area (TPSA) is 56.4 Å². The van der Waals surface area contributed by atoms with E-state index >= 15 is 0 Å². The number of carbonyl (C=O) groups is 1. The van der Waals surface area contributed by atoms with E-state index < -0.39 is 0 Å². The molecule has 2 heterocycles. The first-order chi connectivity index (χ1) is 11.3. The molecule has 4 rings (SSSR count). The number of rotatable bonds is 3. The average Bonchev–Trinajstić information content (AvgIpc) is 3.19. The Morgan fingerprint density at radius 3 is 2.57 bits per heavy atom. The molecule has 1 amide bonds. The van der Waals surface area contributed by atoms with Crippen LogP contribution in [-0.4, -0.2) is 31.1 Å². The quantitative estimate of drug-likeness (QED) is 0.801. The molecule has 0 spiro atoms. The molecule has 0 aromatic heterocycles. The van der Waals surface area contributed by atoms with Crippen molar-refractivity contribution in [1.82, 2.24) is 10.9 Å². The van der Waals surface area contributed by atoms with Gasteiger partial charge in [-0.25, -0.2) is 5.43 Å². The summed E-state index contributed by atoms with van der Waals surface area (Å²) in [6, 6.07) is 8.66. The highest BCUT2D eigenvalue weighted by molar-refractivity contribution is 5.95. The lowest BCUT2D eigenvalue weighted by atomic mass is 9.96. The summed E-state index contributed by atoms with van der Waals surface area (Å²) in [7, 11) is 0. The highest BCUT2D eigenvalue weighted by Crippen LogP contribution is 2.32. The zero-order valence-corrected chi connectivity index (χ0v) is 13.6. The number of hydrogen-bond donors (Lipinski definition) is 3. The number of carbonyl (C=O) groups excluding carboxylic acids is 1. The van der Waals surface area contributed by atoms with Gasteiger partial charge in [0.1, 0.15) is 6.04 Å². The van der Waals surface area contributed by atoms with Gasteiger partial charge in [-0.3, -0.25) is 10.2 Å². The van der Waals surface area contributed by atoms with Crippen LogP contribution < -0.4 is 21.1 Å². The van der Waals surface area contributed by atoms with Crippen molar-refractivity contribution in [2.45, 2.75) is 50.6 Å². The van der Waals surface area contributed by atoms with Gasteiger partial charge in [0.15, 0.2) is 0 Å². The van der Waals surface area contributed by atoms with Crippen LogP contribution in [0.4, 0.5) is 11.4 Å². The first kappa shape index (κ1) is 15.0. The molecular weight excluding hydrogens is 288 g/mol. The molecule has 5 nitrogen and oxygen atoms in total. The summed E-state index contributed by atoms with van der Waals surface area (Å²) in [6.45, 7) is 2.29. The van der Waals surface area contributed by atoms with Gasteiger partial charge in [0.2, 0.25) is 5.91 Å². The minimum absolute atomic E-state index is 0.0811. The molecule has 3 atom stereocenters. The lowest BCUT2D eigenvalue weighted by Crippen LogP contribution is -2.42. The molecule has 1 saturated carbocycles. The minimum Gasteiger partial charge on any atom is -0.372 e. The van der Waals surface area contributed by atoms with E-state index in [1.165, 1.54) is 37.8 Å². The normalized spacial score (nSPS) is 30.3. The number of anilines is 2. The van der Waals surface area contributed by atoms with Crippen molar-refractivity contribution in [3.63, 3.8) is 0 Å². The van der Waals surface area contributed by atoms with Crippen LogP contribution in [0.2, 0.25) is 0 Å². The molecule has 3 N–H and O–H groups in total. The second-order valence-corrected chi connectivity index (χ2v) is 7.05. The van der Waals surface area contributed by atoms with Gasteiger partial charge in [-0.15, -0.1) is 0 Å². The number of benzene rings is 1. The summed E-state index contributed by atoms with van der Waals surface area (Å²) >= 11 is 0. The van der Waals surface area contributed by atoms with Crippen molar-refractivity contribution < 1.29 is 4.79 Å². The van der Waals surface area contributed by atoms with E-state index in [0.717, 1.165) is 25.2 Å². The Morgan fingerprint density at radius 2 is 1.78 bits per heavy atom. The summed E-state index contributed by atoms with van der Waals surface area (Å²) in [5.74, 6) is 0.514. The van der Waals surface area contributed by atoms with Crippen LogP contribution in [-0.2, 0) is 4.79 Å². The SMILES string of the molecule is O=C(Nc1ccc(N2CCCCC2)cc1)C1NNC2CCCC21. The van der Waals surface area contributed by atoms with Gasteiger partial charge in [0.05, 0.1) is 0 Å². The van der Waals surface area contributed by atoms with Gasteiger partial charge in [0, 0.05) is 36.4 Å². The van der Waals surface area contributed by atoms with Crippen molar-refractivity contribution in [3.8, 4) is 0 Å².